The van der Waals surface area contributed by atoms with E-state index in [2.05, 4.69) is 43.6 Å². The number of hydrogen-bond acceptors (Lipinski definition) is 3. The Morgan fingerprint density at radius 2 is 2.33 bits per heavy atom. The second-order valence-electron chi connectivity index (χ2n) is 6.00. The molecule has 0 unspecified atom stereocenters. The van der Waals surface area contributed by atoms with E-state index in [1.54, 1.807) is 11.3 Å². The summed E-state index contributed by atoms with van der Waals surface area (Å²) in [5.41, 5.74) is -0.791. The molecule has 102 valence electrons. The lowest BCUT2D eigenvalue weighted by atomic mass is 9.84. The molecule has 0 spiro atoms. The first-order valence-electron chi connectivity index (χ1n) is 6.63. The summed E-state index contributed by atoms with van der Waals surface area (Å²) in [4.78, 5) is 1.37. The second-order valence-corrected chi connectivity index (χ2v) is 6.98. The summed E-state index contributed by atoms with van der Waals surface area (Å²) < 4.78 is 5.67. The first kappa shape index (κ1) is 14.0. The lowest BCUT2D eigenvalue weighted by molar-refractivity contribution is -0.704. The predicted octanol–water partition coefficient (Wildman–Crippen LogP) is 1.69. The fourth-order valence-corrected chi connectivity index (χ4v) is 3.47. The summed E-state index contributed by atoms with van der Waals surface area (Å²) in [6, 6.07) is 4.65. The van der Waals surface area contributed by atoms with Crippen LogP contribution in [0.4, 0.5) is 0 Å². The number of rotatable bonds is 4. The minimum absolute atomic E-state index is 0.201. The van der Waals surface area contributed by atoms with Crippen LogP contribution in [0.15, 0.2) is 17.5 Å². The first-order valence-corrected chi connectivity index (χ1v) is 7.51. The van der Waals surface area contributed by atoms with Gasteiger partial charge in [-0.1, -0.05) is 6.07 Å². The summed E-state index contributed by atoms with van der Waals surface area (Å²) in [6.45, 7) is 7.71. The molecule has 0 amide bonds. The van der Waals surface area contributed by atoms with Gasteiger partial charge in [0.1, 0.15) is 18.2 Å². The maximum atomic E-state index is 10.6. The molecule has 0 aliphatic carbocycles. The Bertz CT molecular complexity index is 377. The van der Waals surface area contributed by atoms with E-state index in [4.69, 9.17) is 4.74 Å². The second kappa shape index (κ2) is 5.29. The van der Waals surface area contributed by atoms with Crippen LogP contribution >= 0.6 is 11.3 Å². The summed E-state index contributed by atoms with van der Waals surface area (Å²) in [6.07, 6.45) is 1.46. The van der Waals surface area contributed by atoms with E-state index in [-0.39, 0.29) is 5.60 Å². The van der Waals surface area contributed by atoms with Crippen molar-refractivity contribution in [3.05, 3.63) is 22.4 Å². The molecule has 1 aliphatic heterocycles. The third-order valence-corrected chi connectivity index (χ3v) is 4.73. The number of nitrogens with two attached hydrogens (primary N) is 1. The van der Waals surface area contributed by atoms with Crippen LogP contribution < -0.4 is 5.32 Å². The molecule has 0 radical (unpaired) electrons. The molecule has 2 heterocycles. The Morgan fingerprint density at radius 3 is 2.94 bits per heavy atom. The van der Waals surface area contributed by atoms with E-state index in [1.807, 2.05) is 0 Å². The molecule has 1 aliphatic rings. The van der Waals surface area contributed by atoms with Crippen molar-refractivity contribution in [2.45, 2.75) is 50.9 Å². The maximum Gasteiger partial charge on any atom is 0.118 e. The van der Waals surface area contributed by atoms with Crippen LogP contribution in [0.3, 0.4) is 0 Å². The molecule has 0 aromatic carbocycles. The molecule has 1 aromatic heterocycles. The molecule has 0 saturated carbocycles. The van der Waals surface area contributed by atoms with Gasteiger partial charge in [-0.25, -0.2) is 0 Å². The Kier molecular flexibility index (Phi) is 4.11. The van der Waals surface area contributed by atoms with Crippen LogP contribution in [0.25, 0.3) is 0 Å². The molecule has 4 heteroatoms. The minimum Gasteiger partial charge on any atom is -0.384 e. The summed E-state index contributed by atoms with van der Waals surface area (Å²) in [7, 11) is 0. The largest absolute Gasteiger partial charge is 0.384 e. The quantitative estimate of drug-likeness (QED) is 0.874. The standard InChI is InChI=1S/C14H23NO2S/c1-11(12-5-4-8-18-12)15-10-14(16)6-7-17-13(2,3)9-14/h4-5,8,11,15-16H,6-7,9-10H2,1-3H3/p+1/t11-,14-/m1/s1. The van der Waals surface area contributed by atoms with Crippen molar-refractivity contribution in [3.8, 4) is 0 Å². The highest BCUT2D eigenvalue weighted by Crippen LogP contribution is 2.31. The molecule has 1 fully saturated rings. The molecule has 0 bridgehead atoms. The van der Waals surface area contributed by atoms with Gasteiger partial charge in [-0.05, 0) is 32.2 Å². The van der Waals surface area contributed by atoms with Crippen molar-refractivity contribution in [3.63, 3.8) is 0 Å². The van der Waals surface area contributed by atoms with Crippen molar-refractivity contribution in [2.24, 2.45) is 0 Å². The lowest BCUT2D eigenvalue weighted by Crippen LogP contribution is -2.89. The van der Waals surface area contributed by atoms with Gasteiger partial charge in [0.15, 0.2) is 0 Å². The predicted molar refractivity (Wildman–Crippen MR) is 73.7 cm³/mol. The monoisotopic (exact) mass is 270 g/mol. The molecule has 2 atom stereocenters. The van der Waals surface area contributed by atoms with E-state index in [0.717, 1.165) is 13.0 Å². The van der Waals surface area contributed by atoms with Crippen molar-refractivity contribution < 1.29 is 15.2 Å². The zero-order valence-corrected chi connectivity index (χ0v) is 12.3. The van der Waals surface area contributed by atoms with Crippen molar-refractivity contribution in [1.82, 2.24) is 0 Å². The number of quaternary nitrogens is 1. The van der Waals surface area contributed by atoms with Gasteiger partial charge in [0.2, 0.25) is 0 Å². The van der Waals surface area contributed by atoms with E-state index < -0.39 is 5.60 Å². The van der Waals surface area contributed by atoms with Gasteiger partial charge in [0, 0.05) is 12.8 Å². The zero-order chi connectivity index (χ0) is 13.2. The Morgan fingerprint density at radius 1 is 1.56 bits per heavy atom. The van der Waals surface area contributed by atoms with Crippen molar-refractivity contribution >= 4 is 11.3 Å². The third-order valence-electron chi connectivity index (χ3n) is 3.66. The molecule has 2 rings (SSSR count). The number of aliphatic hydroxyl groups is 1. The zero-order valence-electron chi connectivity index (χ0n) is 11.5. The topological polar surface area (TPSA) is 46.1 Å². The highest BCUT2D eigenvalue weighted by Gasteiger charge is 2.41. The smallest absolute Gasteiger partial charge is 0.118 e. The van der Waals surface area contributed by atoms with Crippen molar-refractivity contribution in [1.29, 1.82) is 0 Å². The summed E-state index contributed by atoms with van der Waals surface area (Å²) >= 11 is 1.78. The van der Waals surface area contributed by atoms with Crippen LogP contribution in [-0.2, 0) is 4.74 Å². The van der Waals surface area contributed by atoms with Crippen LogP contribution in [-0.4, -0.2) is 29.5 Å². The van der Waals surface area contributed by atoms with Gasteiger partial charge < -0.3 is 15.2 Å². The van der Waals surface area contributed by atoms with Gasteiger partial charge in [-0.3, -0.25) is 0 Å². The molecule has 3 nitrogen and oxygen atoms in total. The van der Waals surface area contributed by atoms with E-state index in [9.17, 15) is 5.11 Å². The van der Waals surface area contributed by atoms with Crippen molar-refractivity contribution in [2.75, 3.05) is 13.2 Å². The average Bonchev–Trinajstić information content (AvgIpc) is 2.77. The highest BCUT2D eigenvalue weighted by molar-refractivity contribution is 7.10. The Labute approximate surface area is 113 Å². The number of thiophene rings is 1. The molecule has 1 aromatic rings. The Hall–Kier alpha value is -0.420. The maximum absolute atomic E-state index is 10.6. The van der Waals surface area contributed by atoms with E-state index >= 15 is 0 Å². The van der Waals surface area contributed by atoms with E-state index in [1.165, 1.54) is 4.88 Å². The minimum atomic E-state index is -0.590. The van der Waals surface area contributed by atoms with Gasteiger partial charge in [-0.2, -0.15) is 0 Å². The van der Waals surface area contributed by atoms with Crippen LogP contribution in [0, 0.1) is 0 Å². The molecule has 3 N–H and O–H groups in total. The number of hydrogen-bond donors (Lipinski definition) is 2. The lowest BCUT2D eigenvalue weighted by Gasteiger charge is -2.40. The normalized spacial score (nSPS) is 29.1. The SMILES string of the molecule is C[C@@H]([NH2+]C[C@@]1(O)CCOC(C)(C)C1)c1cccs1. The van der Waals surface area contributed by atoms with Crippen LogP contribution in [0.2, 0.25) is 0 Å². The molecule has 18 heavy (non-hydrogen) atoms. The molecular weight excluding hydrogens is 246 g/mol. The van der Waals surface area contributed by atoms with E-state index in [0.29, 0.717) is 19.1 Å². The van der Waals surface area contributed by atoms with Crippen LogP contribution in [0.1, 0.15) is 44.5 Å². The molecular formula is C14H24NO2S+. The Balaban J connectivity index is 1.89. The van der Waals surface area contributed by atoms with Gasteiger partial charge in [0.05, 0.1) is 17.1 Å². The summed E-state index contributed by atoms with van der Waals surface area (Å²) in [5, 5.41) is 15.0. The van der Waals surface area contributed by atoms with Gasteiger partial charge in [-0.15, -0.1) is 11.3 Å². The highest BCUT2D eigenvalue weighted by atomic mass is 32.1. The fourth-order valence-electron chi connectivity index (χ4n) is 2.69. The third kappa shape index (κ3) is 3.54. The first-order chi connectivity index (χ1) is 8.40. The van der Waals surface area contributed by atoms with Gasteiger partial charge in [0.25, 0.3) is 0 Å². The fraction of sp³-hybridized carbons (Fsp3) is 0.714. The molecule has 1 saturated heterocycles. The van der Waals surface area contributed by atoms with Crippen LogP contribution in [0.5, 0.6) is 0 Å². The average molecular weight is 270 g/mol. The summed E-state index contributed by atoms with van der Waals surface area (Å²) in [5.74, 6) is 0. The van der Waals surface area contributed by atoms with Gasteiger partial charge >= 0.3 is 0 Å². The number of ether oxygens (including phenoxy) is 1.